The molecule has 142 valence electrons. The minimum Gasteiger partial charge on any atom is -0.378 e. The van der Waals surface area contributed by atoms with Crippen molar-refractivity contribution in [3.05, 3.63) is 59.7 Å². The Balaban J connectivity index is 1.80. The predicted octanol–water partition coefficient (Wildman–Crippen LogP) is 3.91. The molecule has 0 radical (unpaired) electrons. The zero-order valence-electron chi connectivity index (χ0n) is 15.4. The molecule has 1 fully saturated rings. The highest BCUT2D eigenvalue weighted by Gasteiger charge is 2.22. The lowest BCUT2D eigenvalue weighted by molar-refractivity contribution is 0.0303. The summed E-state index contributed by atoms with van der Waals surface area (Å²) in [4.78, 5) is 28.5. The van der Waals surface area contributed by atoms with E-state index in [4.69, 9.17) is 4.74 Å². The number of benzene rings is 2. The Kier molecular flexibility index (Phi) is 6.90. The lowest BCUT2D eigenvalue weighted by Gasteiger charge is -2.27. The largest absolute Gasteiger partial charge is 0.378 e. The molecule has 2 aromatic carbocycles. The van der Waals surface area contributed by atoms with Gasteiger partial charge in [-0.3, -0.25) is 9.59 Å². The van der Waals surface area contributed by atoms with Crippen molar-refractivity contribution in [3.63, 3.8) is 0 Å². The fourth-order valence-electron chi connectivity index (χ4n) is 2.90. The third-order valence-corrected chi connectivity index (χ3v) is 5.58. The van der Waals surface area contributed by atoms with Crippen LogP contribution < -0.4 is 5.32 Å². The smallest absolute Gasteiger partial charge is 0.256 e. The van der Waals surface area contributed by atoms with Gasteiger partial charge >= 0.3 is 0 Å². The van der Waals surface area contributed by atoms with Crippen LogP contribution >= 0.6 is 11.8 Å². The fraction of sp³-hybridized carbons (Fsp3) is 0.333. The first-order valence-corrected chi connectivity index (χ1v) is 10.2. The van der Waals surface area contributed by atoms with Crippen molar-refractivity contribution in [2.75, 3.05) is 37.4 Å². The van der Waals surface area contributed by atoms with E-state index in [1.54, 1.807) is 28.8 Å². The summed E-state index contributed by atoms with van der Waals surface area (Å²) in [5, 5.41) is 2.93. The molecule has 27 heavy (non-hydrogen) atoms. The average Bonchev–Trinajstić information content (AvgIpc) is 2.73. The van der Waals surface area contributed by atoms with Crippen LogP contribution in [0.1, 0.15) is 34.1 Å². The van der Waals surface area contributed by atoms with Gasteiger partial charge in [0.25, 0.3) is 11.8 Å². The molecule has 2 amide bonds. The molecule has 6 heteroatoms. The monoisotopic (exact) mass is 384 g/mol. The van der Waals surface area contributed by atoms with Crippen molar-refractivity contribution in [1.29, 1.82) is 0 Å². The van der Waals surface area contributed by atoms with Gasteiger partial charge < -0.3 is 15.0 Å². The van der Waals surface area contributed by atoms with Crippen LogP contribution in [-0.4, -0.2) is 48.8 Å². The highest BCUT2D eigenvalue weighted by molar-refractivity contribution is 7.99. The molecule has 0 atom stereocenters. The van der Waals surface area contributed by atoms with E-state index in [9.17, 15) is 9.59 Å². The van der Waals surface area contributed by atoms with Gasteiger partial charge in [0, 0.05) is 18.0 Å². The third-order valence-electron chi connectivity index (χ3n) is 4.30. The Hall–Kier alpha value is -2.31. The number of ether oxygens (including phenoxy) is 1. The highest BCUT2D eigenvalue weighted by atomic mass is 32.2. The Labute approximate surface area is 164 Å². The van der Waals surface area contributed by atoms with Crippen LogP contribution in [0.5, 0.6) is 0 Å². The maximum Gasteiger partial charge on any atom is 0.256 e. The van der Waals surface area contributed by atoms with E-state index in [2.05, 4.69) is 12.2 Å². The standard InChI is InChI=1S/C21H24N2O3S/c1-2-15-27-19-10-6-4-8-17(19)20(24)22-18-9-5-3-7-16(18)21(25)23-11-13-26-14-12-23/h3-10H,2,11-15H2,1H3,(H,22,24). The Morgan fingerprint density at radius 2 is 1.70 bits per heavy atom. The first kappa shape index (κ1) is 19.5. The summed E-state index contributed by atoms with van der Waals surface area (Å²) in [6, 6.07) is 14.7. The van der Waals surface area contributed by atoms with Crippen LogP contribution in [0.15, 0.2) is 53.4 Å². The van der Waals surface area contributed by atoms with Gasteiger partial charge in [0.15, 0.2) is 0 Å². The van der Waals surface area contributed by atoms with E-state index in [-0.39, 0.29) is 11.8 Å². The van der Waals surface area contributed by atoms with Crippen LogP contribution in [0, 0.1) is 0 Å². The number of nitrogens with one attached hydrogen (secondary N) is 1. The molecule has 1 aliphatic heterocycles. The number of para-hydroxylation sites is 1. The molecule has 3 rings (SSSR count). The van der Waals surface area contributed by atoms with E-state index in [1.807, 2.05) is 36.4 Å². The van der Waals surface area contributed by atoms with Crippen LogP contribution in [0.25, 0.3) is 0 Å². The Morgan fingerprint density at radius 1 is 1.04 bits per heavy atom. The van der Waals surface area contributed by atoms with Gasteiger partial charge in [-0.05, 0) is 36.4 Å². The molecular formula is C21H24N2O3S. The number of hydrogen-bond acceptors (Lipinski definition) is 4. The summed E-state index contributed by atoms with van der Waals surface area (Å²) in [6.45, 7) is 4.34. The van der Waals surface area contributed by atoms with Crippen LogP contribution in [-0.2, 0) is 4.74 Å². The molecular weight excluding hydrogens is 360 g/mol. The summed E-state index contributed by atoms with van der Waals surface area (Å²) in [5.41, 5.74) is 1.67. The number of thioether (sulfide) groups is 1. The van der Waals surface area contributed by atoms with Gasteiger partial charge in [-0.15, -0.1) is 11.8 Å². The lowest BCUT2D eigenvalue weighted by atomic mass is 10.1. The number of carbonyl (C=O) groups excluding carboxylic acids is 2. The normalized spacial score (nSPS) is 14.0. The number of nitrogens with zero attached hydrogens (tertiary/aromatic N) is 1. The Bertz CT molecular complexity index is 804. The second-order valence-corrected chi connectivity index (χ2v) is 7.39. The van der Waals surface area contributed by atoms with Gasteiger partial charge in [0.05, 0.1) is 30.0 Å². The number of morpholine rings is 1. The lowest BCUT2D eigenvalue weighted by Crippen LogP contribution is -2.41. The molecule has 0 saturated carbocycles. The van der Waals surface area contributed by atoms with E-state index < -0.39 is 0 Å². The topological polar surface area (TPSA) is 58.6 Å². The molecule has 0 aliphatic carbocycles. The zero-order valence-corrected chi connectivity index (χ0v) is 16.3. The van der Waals surface area contributed by atoms with Crippen molar-refractivity contribution in [3.8, 4) is 0 Å². The molecule has 2 aromatic rings. The van der Waals surface area contributed by atoms with Crippen LogP contribution in [0.4, 0.5) is 5.69 Å². The van der Waals surface area contributed by atoms with E-state index in [1.165, 1.54) is 0 Å². The van der Waals surface area contributed by atoms with E-state index >= 15 is 0 Å². The van der Waals surface area contributed by atoms with Crippen molar-refractivity contribution >= 4 is 29.3 Å². The maximum absolute atomic E-state index is 12.9. The van der Waals surface area contributed by atoms with Gasteiger partial charge in [-0.2, -0.15) is 0 Å². The number of hydrogen-bond donors (Lipinski definition) is 1. The van der Waals surface area contributed by atoms with Gasteiger partial charge in [0.1, 0.15) is 0 Å². The summed E-state index contributed by atoms with van der Waals surface area (Å²) in [7, 11) is 0. The Morgan fingerprint density at radius 3 is 2.44 bits per heavy atom. The number of anilines is 1. The first-order chi connectivity index (χ1) is 13.2. The predicted molar refractivity (Wildman–Crippen MR) is 109 cm³/mol. The summed E-state index contributed by atoms with van der Waals surface area (Å²) in [6.07, 6.45) is 1.04. The molecule has 0 spiro atoms. The molecule has 5 nitrogen and oxygen atoms in total. The third kappa shape index (κ3) is 4.90. The second-order valence-electron chi connectivity index (χ2n) is 6.25. The average molecular weight is 385 g/mol. The molecule has 0 bridgehead atoms. The van der Waals surface area contributed by atoms with Crippen LogP contribution in [0.2, 0.25) is 0 Å². The quantitative estimate of drug-likeness (QED) is 0.767. The summed E-state index contributed by atoms with van der Waals surface area (Å²) in [5.74, 6) is 0.676. The number of rotatable bonds is 6. The minimum absolute atomic E-state index is 0.0807. The van der Waals surface area contributed by atoms with Gasteiger partial charge in [-0.25, -0.2) is 0 Å². The van der Waals surface area contributed by atoms with E-state index in [0.29, 0.717) is 43.1 Å². The first-order valence-electron chi connectivity index (χ1n) is 9.20. The van der Waals surface area contributed by atoms with Crippen molar-refractivity contribution in [1.82, 2.24) is 4.90 Å². The van der Waals surface area contributed by atoms with Gasteiger partial charge in [-0.1, -0.05) is 31.2 Å². The molecule has 1 heterocycles. The summed E-state index contributed by atoms with van der Waals surface area (Å²) >= 11 is 1.67. The van der Waals surface area contributed by atoms with Gasteiger partial charge in [0.2, 0.25) is 0 Å². The van der Waals surface area contributed by atoms with Crippen LogP contribution in [0.3, 0.4) is 0 Å². The van der Waals surface area contributed by atoms with Crippen molar-refractivity contribution in [2.24, 2.45) is 0 Å². The van der Waals surface area contributed by atoms with Crippen molar-refractivity contribution < 1.29 is 14.3 Å². The molecule has 1 saturated heterocycles. The fourth-order valence-corrected chi connectivity index (χ4v) is 3.81. The van der Waals surface area contributed by atoms with Crippen molar-refractivity contribution in [2.45, 2.75) is 18.2 Å². The molecule has 1 N–H and O–H groups in total. The summed E-state index contributed by atoms with van der Waals surface area (Å²) < 4.78 is 5.32. The SMILES string of the molecule is CCCSc1ccccc1C(=O)Nc1ccccc1C(=O)N1CCOCC1. The maximum atomic E-state index is 12.9. The highest BCUT2D eigenvalue weighted by Crippen LogP contribution is 2.25. The molecule has 0 aromatic heterocycles. The number of carbonyl (C=O) groups is 2. The second kappa shape index (κ2) is 9.58. The molecule has 0 unspecified atom stereocenters. The molecule has 1 aliphatic rings. The van der Waals surface area contributed by atoms with E-state index in [0.717, 1.165) is 17.1 Å². The minimum atomic E-state index is -0.198. The zero-order chi connectivity index (χ0) is 19.1. The number of amides is 2.